The van der Waals surface area contributed by atoms with Gasteiger partial charge in [0.05, 0.1) is 6.10 Å². The third-order valence-corrected chi connectivity index (χ3v) is 1.93. The van der Waals surface area contributed by atoms with E-state index in [1.807, 2.05) is 0 Å². The maximum absolute atomic E-state index is 12.8. The van der Waals surface area contributed by atoms with Crippen LogP contribution in [-0.4, -0.2) is 5.11 Å². The summed E-state index contributed by atoms with van der Waals surface area (Å²) in [6.07, 6.45) is 0.0866. The van der Waals surface area contributed by atoms with Crippen molar-refractivity contribution in [1.82, 2.24) is 0 Å². The molecule has 1 rings (SSSR count). The van der Waals surface area contributed by atoms with Gasteiger partial charge in [-0.05, 0) is 17.7 Å². The lowest BCUT2D eigenvalue weighted by Crippen LogP contribution is -1.96. The summed E-state index contributed by atoms with van der Waals surface area (Å²) in [5, 5.41) is 8.61. The highest BCUT2D eigenvalue weighted by molar-refractivity contribution is 6.30. The number of aliphatic hydroxyl groups excluding tert-OH is 1. The van der Waals surface area contributed by atoms with Crippen LogP contribution >= 0.6 is 11.6 Å². The molecule has 0 aromatic heterocycles. The third kappa shape index (κ3) is 2.05. The minimum absolute atomic E-state index is 0.0920. The van der Waals surface area contributed by atoms with Crippen molar-refractivity contribution in [2.45, 2.75) is 6.10 Å². The van der Waals surface area contributed by atoms with Gasteiger partial charge in [-0.15, -0.1) is 6.58 Å². The predicted molar refractivity (Wildman–Crippen MR) is 46.5 cm³/mol. The van der Waals surface area contributed by atoms with E-state index in [2.05, 4.69) is 6.58 Å². The van der Waals surface area contributed by atoms with Crippen molar-refractivity contribution in [2.24, 2.45) is 0 Å². The highest BCUT2D eigenvalue weighted by Gasteiger charge is 2.11. The molecule has 0 heterocycles. The summed E-state index contributed by atoms with van der Waals surface area (Å²) in [5.41, 5.74) is 0.0920. The van der Waals surface area contributed by atoms with Crippen molar-refractivity contribution in [3.05, 3.63) is 47.0 Å². The van der Waals surface area contributed by atoms with Gasteiger partial charge in [0.15, 0.2) is 0 Å². The number of rotatable bonds is 2. The highest BCUT2D eigenvalue weighted by atomic mass is 35.5. The van der Waals surface area contributed by atoms with Gasteiger partial charge >= 0.3 is 0 Å². The van der Waals surface area contributed by atoms with E-state index in [9.17, 15) is 13.9 Å². The number of hydrogen-bond acceptors (Lipinski definition) is 1. The smallest absolute Gasteiger partial charge is 0.145 e. The second kappa shape index (κ2) is 3.85. The standard InChI is InChI=1S/C9H7ClF2O/c1-2-8(13)5-3-6(11)9(10)7(12)4-5/h2-4,8,13H,1H2. The van der Waals surface area contributed by atoms with E-state index < -0.39 is 22.8 Å². The summed E-state index contributed by atoms with van der Waals surface area (Å²) >= 11 is 5.24. The van der Waals surface area contributed by atoms with Crippen LogP contribution in [0.3, 0.4) is 0 Å². The van der Waals surface area contributed by atoms with Crippen molar-refractivity contribution < 1.29 is 13.9 Å². The first-order valence-corrected chi connectivity index (χ1v) is 3.89. The Hall–Kier alpha value is -0.930. The number of aliphatic hydroxyl groups is 1. The molecule has 1 N–H and O–H groups in total. The number of hydrogen-bond donors (Lipinski definition) is 1. The zero-order valence-electron chi connectivity index (χ0n) is 6.60. The molecule has 4 heteroatoms. The van der Waals surface area contributed by atoms with E-state index in [4.69, 9.17) is 11.6 Å². The molecule has 0 fully saturated rings. The topological polar surface area (TPSA) is 20.2 Å². The molecule has 0 bridgehead atoms. The fourth-order valence-corrected chi connectivity index (χ4v) is 0.991. The normalized spacial score (nSPS) is 12.6. The summed E-state index contributed by atoms with van der Waals surface area (Å²) in [5.74, 6) is -1.78. The van der Waals surface area contributed by atoms with Crippen molar-refractivity contribution in [3.63, 3.8) is 0 Å². The number of benzene rings is 1. The lowest BCUT2D eigenvalue weighted by molar-refractivity contribution is 0.228. The van der Waals surface area contributed by atoms with Crippen molar-refractivity contribution in [2.75, 3.05) is 0 Å². The Morgan fingerprint density at radius 2 is 1.85 bits per heavy atom. The van der Waals surface area contributed by atoms with Gasteiger partial charge in [-0.1, -0.05) is 17.7 Å². The van der Waals surface area contributed by atoms with E-state index in [0.717, 1.165) is 12.1 Å². The SMILES string of the molecule is C=CC(O)c1cc(F)c(Cl)c(F)c1. The van der Waals surface area contributed by atoms with E-state index in [-0.39, 0.29) is 5.56 Å². The van der Waals surface area contributed by atoms with Crippen LogP contribution in [0, 0.1) is 11.6 Å². The largest absolute Gasteiger partial charge is 0.384 e. The minimum Gasteiger partial charge on any atom is -0.384 e. The summed E-state index contributed by atoms with van der Waals surface area (Å²) in [7, 11) is 0. The van der Waals surface area contributed by atoms with Crippen LogP contribution in [0.4, 0.5) is 8.78 Å². The predicted octanol–water partition coefficient (Wildman–Crippen LogP) is 2.84. The average molecular weight is 205 g/mol. The molecule has 0 saturated heterocycles. The van der Waals surface area contributed by atoms with Gasteiger partial charge < -0.3 is 5.11 Å². The van der Waals surface area contributed by atoms with Crippen LogP contribution in [0.5, 0.6) is 0 Å². The van der Waals surface area contributed by atoms with E-state index in [1.165, 1.54) is 6.08 Å². The van der Waals surface area contributed by atoms with Crippen LogP contribution < -0.4 is 0 Å². The second-order valence-corrected chi connectivity index (χ2v) is 2.86. The van der Waals surface area contributed by atoms with Crippen molar-refractivity contribution in [3.8, 4) is 0 Å². The van der Waals surface area contributed by atoms with E-state index >= 15 is 0 Å². The molecule has 1 nitrogen and oxygen atoms in total. The van der Waals surface area contributed by atoms with Gasteiger partial charge in [-0.3, -0.25) is 0 Å². The zero-order valence-corrected chi connectivity index (χ0v) is 7.35. The Kier molecular flexibility index (Phi) is 3.01. The first kappa shape index (κ1) is 10.2. The molecular formula is C9H7ClF2O. The van der Waals surface area contributed by atoms with E-state index in [0.29, 0.717) is 0 Å². The van der Waals surface area contributed by atoms with Crippen LogP contribution in [0.25, 0.3) is 0 Å². The van der Waals surface area contributed by atoms with Crippen LogP contribution in [0.1, 0.15) is 11.7 Å². The lowest BCUT2D eigenvalue weighted by Gasteiger charge is -2.06. The minimum atomic E-state index is -1.08. The molecule has 0 saturated carbocycles. The van der Waals surface area contributed by atoms with Gasteiger partial charge in [0, 0.05) is 0 Å². The molecule has 0 aliphatic rings. The van der Waals surface area contributed by atoms with Gasteiger partial charge in [-0.2, -0.15) is 0 Å². The Balaban J connectivity index is 3.20. The molecular weight excluding hydrogens is 198 g/mol. The van der Waals surface area contributed by atoms with Crippen LogP contribution in [0.15, 0.2) is 24.8 Å². The maximum atomic E-state index is 12.8. The summed E-state index contributed by atoms with van der Waals surface area (Å²) in [6, 6.07) is 1.94. The summed E-state index contributed by atoms with van der Waals surface area (Å²) in [4.78, 5) is 0. The Morgan fingerprint density at radius 3 is 2.23 bits per heavy atom. The Labute approximate surface area is 79.3 Å². The van der Waals surface area contributed by atoms with Crippen molar-refractivity contribution in [1.29, 1.82) is 0 Å². The fraction of sp³-hybridized carbons (Fsp3) is 0.111. The quantitative estimate of drug-likeness (QED) is 0.580. The molecule has 0 radical (unpaired) electrons. The molecule has 1 aromatic rings. The molecule has 0 aliphatic heterocycles. The maximum Gasteiger partial charge on any atom is 0.145 e. The fourth-order valence-electron chi connectivity index (χ4n) is 0.882. The Morgan fingerprint density at radius 1 is 1.38 bits per heavy atom. The molecule has 70 valence electrons. The second-order valence-electron chi connectivity index (χ2n) is 2.48. The van der Waals surface area contributed by atoms with Gasteiger partial charge in [0.25, 0.3) is 0 Å². The molecule has 0 spiro atoms. The monoisotopic (exact) mass is 204 g/mol. The molecule has 13 heavy (non-hydrogen) atoms. The highest BCUT2D eigenvalue weighted by Crippen LogP contribution is 2.24. The molecule has 1 aromatic carbocycles. The van der Waals surface area contributed by atoms with Crippen LogP contribution in [-0.2, 0) is 0 Å². The van der Waals surface area contributed by atoms with Crippen molar-refractivity contribution >= 4 is 11.6 Å². The van der Waals surface area contributed by atoms with Gasteiger partial charge in [0.2, 0.25) is 0 Å². The number of halogens is 3. The average Bonchev–Trinajstić information content (AvgIpc) is 2.12. The lowest BCUT2D eigenvalue weighted by atomic mass is 10.1. The molecule has 1 atom stereocenters. The molecule has 1 unspecified atom stereocenters. The van der Waals surface area contributed by atoms with Crippen LogP contribution in [0.2, 0.25) is 5.02 Å². The molecule has 0 aliphatic carbocycles. The molecule has 0 amide bonds. The zero-order chi connectivity index (χ0) is 10.0. The first-order chi connectivity index (χ1) is 6.06. The van der Waals surface area contributed by atoms with Gasteiger partial charge in [-0.25, -0.2) is 8.78 Å². The van der Waals surface area contributed by atoms with E-state index in [1.54, 1.807) is 0 Å². The Bertz CT molecular complexity index is 315. The van der Waals surface area contributed by atoms with Gasteiger partial charge in [0.1, 0.15) is 16.7 Å². The first-order valence-electron chi connectivity index (χ1n) is 3.51. The summed E-state index contributed by atoms with van der Waals surface area (Å²) < 4.78 is 25.6. The third-order valence-electron chi connectivity index (χ3n) is 1.57. The summed E-state index contributed by atoms with van der Waals surface area (Å²) in [6.45, 7) is 3.29.